The van der Waals surface area contributed by atoms with Crippen molar-refractivity contribution in [3.63, 3.8) is 0 Å². The number of aliphatic imine (C=N–C) groups is 1. The molecular formula is C15H30IN5O. The summed E-state index contributed by atoms with van der Waals surface area (Å²) in [7, 11) is 5.49. The predicted molar refractivity (Wildman–Crippen MR) is 102 cm³/mol. The first-order chi connectivity index (χ1) is 10.1. The summed E-state index contributed by atoms with van der Waals surface area (Å²) in [6, 6.07) is 0.214. The molecule has 0 bridgehead atoms. The molecule has 1 atom stereocenters. The molecule has 0 spiro atoms. The Morgan fingerprint density at radius 3 is 2.55 bits per heavy atom. The molecule has 0 aliphatic carbocycles. The monoisotopic (exact) mass is 423 g/mol. The molecule has 0 saturated heterocycles. The summed E-state index contributed by atoms with van der Waals surface area (Å²) in [5.41, 5.74) is 3.71. The standard InChI is InChI=1S/C15H29N5O.HI/c1-7-13-12(14(8-2)20(5)19-13)9-17-15(16-4)18-11(3)10-21-6;/h11H,7-10H2,1-6H3,(H2,16,17,18);1H. The zero-order valence-corrected chi connectivity index (χ0v) is 16.9. The first-order valence-corrected chi connectivity index (χ1v) is 7.56. The second-order valence-corrected chi connectivity index (χ2v) is 5.13. The van der Waals surface area contributed by atoms with Crippen molar-refractivity contribution in [1.29, 1.82) is 0 Å². The molecule has 128 valence electrons. The van der Waals surface area contributed by atoms with E-state index in [1.54, 1.807) is 14.2 Å². The minimum Gasteiger partial charge on any atom is -0.383 e. The molecule has 0 saturated carbocycles. The fourth-order valence-electron chi connectivity index (χ4n) is 2.49. The van der Waals surface area contributed by atoms with Crippen molar-refractivity contribution in [2.24, 2.45) is 12.0 Å². The van der Waals surface area contributed by atoms with Crippen LogP contribution in [0.3, 0.4) is 0 Å². The van der Waals surface area contributed by atoms with Gasteiger partial charge in [-0.25, -0.2) is 0 Å². The van der Waals surface area contributed by atoms with Crippen molar-refractivity contribution in [2.75, 3.05) is 20.8 Å². The molecule has 0 aliphatic heterocycles. The maximum absolute atomic E-state index is 5.13. The fourth-order valence-corrected chi connectivity index (χ4v) is 2.49. The molecule has 22 heavy (non-hydrogen) atoms. The molecule has 7 heteroatoms. The summed E-state index contributed by atoms with van der Waals surface area (Å²) in [4.78, 5) is 4.25. The number of hydrogen-bond acceptors (Lipinski definition) is 3. The molecule has 0 amide bonds. The number of aromatic nitrogens is 2. The number of aryl methyl sites for hydroxylation is 2. The number of rotatable bonds is 7. The van der Waals surface area contributed by atoms with Crippen LogP contribution in [0.15, 0.2) is 4.99 Å². The van der Waals surface area contributed by atoms with Gasteiger partial charge in [0.25, 0.3) is 0 Å². The highest BCUT2D eigenvalue weighted by molar-refractivity contribution is 14.0. The lowest BCUT2D eigenvalue weighted by molar-refractivity contribution is 0.179. The third kappa shape index (κ3) is 5.75. The smallest absolute Gasteiger partial charge is 0.191 e. The Morgan fingerprint density at radius 2 is 2.05 bits per heavy atom. The van der Waals surface area contributed by atoms with Gasteiger partial charge in [-0.1, -0.05) is 13.8 Å². The molecule has 6 nitrogen and oxygen atoms in total. The first kappa shape index (κ1) is 21.2. The summed E-state index contributed by atoms with van der Waals surface area (Å²) < 4.78 is 7.12. The van der Waals surface area contributed by atoms with E-state index in [1.807, 2.05) is 11.7 Å². The molecule has 1 rings (SSSR count). The van der Waals surface area contributed by atoms with Crippen LogP contribution in [0.2, 0.25) is 0 Å². The van der Waals surface area contributed by atoms with Gasteiger partial charge in [-0.2, -0.15) is 5.10 Å². The van der Waals surface area contributed by atoms with Crippen molar-refractivity contribution >= 4 is 29.9 Å². The number of methoxy groups -OCH3 is 1. The number of guanidine groups is 1. The van der Waals surface area contributed by atoms with Crippen LogP contribution < -0.4 is 10.6 Å². The Kier molecular flexibility index (Phi) is 10.4. The second-order valence-electron chi connectivity index (χ2n) is 5.13. The van der Waals surface area contributed by atoms with E-state index in [0.29, 0.717) is 6.61 Å². The molecule has 0 aliphatic rings. The van der Waals surface area contributed by atoms with Crippen molar-refractivity contribution in [1.82, 2.24) is 20.4 Å². The summed E-state index contributed by atoms with van der Waals surface area (Å²) in [6.07, 6.45) is 1.92. The number of ether oxygens (including phenoxy) is 1. The van der Waals surface area contributed by atoms with Gasteiger partial charge in [0.1, 0.15) is 0 Å². The van der Waals surface area contributed by atoms with E-state index in [1.165, 1.54) is 11.3 Å². The van der Waals surface area contributed by atoms with Gasteiger partial charge < -0.3 is 15.4 Å². The molecule has 2 N–H and O–H groups in total. The Hall–Kier alpha value is -0.830. The molecular weight excluding hydrogens is 393 g/mol. The van der Waals surface area contributed by atoms with Gasteiger partial charge in [-0.3, -0.25) is 9.67 Å². The van der Waals surface area contributed by atoms with Crippen LogP contribution in [-0.2, 0) is 31.2 Å². The summed E-state index contributed by atoms with van der Waals surface area (Å²) in [5.74, 6) is 0.785. The maximum atomic E-state index is 5.13. The van der Waals surface area contributed by atoms with Gasteiger partial charge in [-0.05, 0) is 19.8 Å². The van der Waals surface area contributed by atoms with E-state index in [2.05, 4.69) is 41.5 Å². The average molecular weight is 423 g/mol. The van der Waals surface area contributed by atoms with E-state index >= 15 is 0 Å². The summed E-state index contributed by atoms with van der Waals surface area (Å²) in [6.45, 7) is 7.75. The van der Waals surface area contributed by atoms with Gasteiger partial charge in [0.15, 0.2) is 5.96 Å². The van der Waals surface area contributed by atoms with Crippen LogP contribution in [0.1, 0.15) is 37.7 Å². The lowest BCUT2D eigenvalue weighted by Crippen LogP contribution is -2.43. The Morgan fingerprint density at radius 1 is 1.36 bits per heavy atom. The molecule has 0 fully saturated rings. The number of halogens is 1. The van der Waals surface area contributed by atoms with E-state index in [-0.39, 0.29) is 30.0 Å². The van der Waals surface area contributed by atoms with Gasteiger partial charge in [0.2, 0.25) is 0 Å². The fraction of sp³-hybridized carbons (Fsp3) is 0.733. The summed E-state index contributed by atoms with van der Waals surface area (Å²) >= 11 is 0. The van der Waals surface area contributed by atoms with E-state index in [9.17, 15) is 0 Å². The molecule has 1 heterocycles. The lowest BCUT2D eigenvalue weighted by Gasteiger charge is -2.17. The highest BCUT2D eigenvalue weighted by Crippen LogP contribution is 2.15. The quantitative estimate of drug-likeness (QED) is 0.399. The minimum atomic E-state index is 0. The number of nitrogens with one attached hydrogen (secondary N) is 2. The number of nitrogens with zero attached hydrogens (tertiary/aromatic N) is 3. The Balaban J connectivity index is 0.00000441. The topological polar surface area (TPSA) is 63.5 Å². The Bertz CT molecular complexity index is 473. The van der Waals surface area contributed by atoms with Gasteiger partial charge >= 0.3 is 0 Å². The maximum Gasteiger partial charge on any atom is 0.191 e. The van der Waals surface area contributed by atoms with Crippen LogP contribution in [0, 0.1) is 0 Å². The van der Waals surface area contributed by atoms with Crippen LogP contribution in [0.5, 0.6) is 0 Å². The average Bonchev–Trinajstić information content (AvgIpc) is 2.78. The molecule has 1 aromatic rings. The highest BCUT2D eigenvalue weighted by atomic mass is 127. The van der Waals surface area contributed by atoms with Gasteiger partial charge in [0, 0.05) is 45.0 Å². The van der Waals surface area contributed by atoms with Crippen LogP contribution in [-0.4, -0.2) is 42.5 Å². The van der Waals surface area contributed by atoms with Crippen molar-refractivity contribution in [3.8, 4) is 0 Å². The lowest BCUT2D eigenvalue weighted by atomic mass is 10.1. The molecule has 1 unspecified atom stereocenters. The normalized spacial score (nSPS) is 12.7. The molecule has 1 aromatic heterocycles. The van der Waals surface area contributed by atoms with Crippen molar-refractivity contribution in [2.45, 2.75) is 46.2 Å². The second kappa shape index (κ2) is 10.8. The minimum absolute atomic E-state index is 0. The Labute approximate surface area is 151 Å². The number of hydrogen-bond donors (Lipinski definition) is 2. The van der Waals surface area contributed by atoms with Crippen molar-refractivity contribution < 1.29 is 4.74 Å². The third-order valence-corrected chi connectivity index (χ3v) is 3.48. The van der Waals surface area contributed by atoms with E-state index < -0.39 is 0 Å². The van der Waals surface area contributed by atoms with Crippen molar-refractivity contribution in [3.05, 3.63) is 17.0 Å². The highest BCUT2D eigenvalue weighted by Gasteiger charge is 2.14. The van der Waals surface area contributed by atoms with Gasteiger partial charge in [0.05, 0.1) is 12.3 Å². The van der Waals surface area contributed by atoms with E-state index in [4.69, 9.17) is 4.74 Å². The predicted octanol–water partition coefficient (Wildman–Crippen LogP) is 1.86. The third-order valence-electron chi connectivity index (χ3n) is 3.48. The molecule has 0 radical (unpaired) electrons. The zero-order chi connectivity index (χ0) is 15.8. The zero-order valence-electron chi connectivity index (χ0n) is 14.6. The first-order valence-electron chi connectivity index (χ1n) is 7.56. The van der Waals surface area contributed by atoms with Crippen LogP contribution in [0.25, 0.3) is 0 Å². The van der Waals surface area contributed by atoms with Crippen LogP contribution in [0.4, 0.5) is 0 Å². The summed E-state index contributed by atoms with van der Waals surface area (Å²) in [5, 5.41) is 11.3. The van der Waals surface area contributed by atoms with E-state index in [0.717, 1.165) is 31.0 Å². The van der Waals surface area contributed by atoms with Gasteiger partial charge in [-0.15, -0.1) is 24.0 Å². The van der Waals surface area contributed by atoms with Crippen LogP contribution >= 0.6 is 24.0 Å². The molecule has 0 aromatic carbocycles. The largest absolute Gasteiger partial charge is 0.383 e. The SMILES string of the molecule is CCc1nn(C)c(CC)c1CNC(=NC)NC(C)COC.I.